The number of urea groups is 1. The van der Waals surface area contributed by atoms with Crippen molar-refractivity contribution in [1.82, 2.24) is 15.1 Å². The van der Waals surface area contributed by atoms with Gasteiger partial charge in [-0.2, -0.15) is 0 Å². The Morgan fingerprint density at radius 1 is 1.07 bits per heavy atom. The molecule has 3 rings (SSSR count). The number of benzene rings is 1. The number of hydrogen-bond donors (Lipinski definition) is 2. The van der Waals surface area contributed by atoms with Crippen LogP contribution in [0.3, 0.4) is 0 Å². The third-order valence-electron chi connectivity index (χ3n) is 6.31. The monoisotopic (exact) mass is 404 g/mol. The molecule has 160 valence electrons. The number of rotatable bonds is 5. The number of halogens is 1. The van der Waals surface area contributed by atoms with Crippen molar-refractivity contribution in [1.29, 1.82) is 0 Å². The van der Waals surface area contributed by atoms with E-state index in [4.69, 9.17) is 0 Å². The molecule has 0 spiro atoms. The second-order valence-corrected chi connectivity index (χ2v) is 8.57. The number of likely N-dealkylation sites (N-methyl/N-ethyl adjacent to an activating group) is 1. The molecule has 1 aliphatic heterocycles. The van der Waals surface area contributed by atoms with Crippen LogP contribution in [0.25, 0.3) is 0 Å². The van der Waals surface area contributed by atoms with Gasteiger partial charge in [0, 0.05) is 37.9 Å². The number of hydrogen-bond acceptors (Lipinski definition) is 3. The SMILES string of the molecule is CC1CCC(N(C)C(=O)CN2CCC(NC(=O)Nc3ccc(F)cc3)CC2)CC1. The van der Waals surface area contributed by atoms with E-state index in [-0.39, 0.29) is 23.8 Å². The van der Waals surface area contributed by atoms with Crippen molar-refractivity contribution in [2.45, 2.75) is 57.5 Å². The van der Waals surface area contributed by atoms with Crippen LogP contribution in [0.4, 0.5) is 14.9 Å². The molecule has 1 aromatic carbocycles. The summed E-state index contributed by atoms with van der Waals surface area (Å²) in [7, 11) is 1.94. The second-order valence-electron chi connectivity index (χ2n) is 8.57. The number of amides is 3. The Kier molecular flexibility index (Phi) is 7.47. The highest BCUT2D eigenvalue weighted by molar-refractivity contribution is 5.89. The highest BCUT2D eigenvalue weighted by Crippen LogP contribution is 2.26. The molecule has 7 heteroatoms. The van der Waals surface area contributed by atoms with Crippen LogP contribution in [0.1, 0.15) is 45.4 Å². The average Bonchev–Trinajstić information content (AvgIpc) is 2.71. The van der Waals surface area contributed by atoms with Crippen molar-refractivity contribution >= 4 is 17.6 Å². The van der Waals surface area contributed by atoms with E-state index in [9.17, 15) is 14.0 Å². The van der Waals surface area contributed by atoms with Crippen LogP contribution in [-0.4, -0.2) is 60.5 Å². The average molecular weight is 405 g/mol. The summed E-state index contributed by atoms with van der Waals surface area (Å²) in [5, 5.41) is 5.69. The molecule has 3 amide bonds. The molecule has 1 heterocycles. The summed E-state index contributed by atoms with van der Waals surface area (Å²) in [5.74, 6) is 0.646. The number of likely N-dealkylation sites (tertiary alicyclic amines) is 1. The van der Waals surface area contributed by atoms with Crippen LogP contribution >= 0.6 is 0 Å². The zero-order chi connectivity index (χ0) is 20.8. The van der Waals surface area contributed by atoms with E-state index in [1.807, 2.05) is 11.9 Å². The zero-order valence-corrected chi connectivity index (χ0v) is 17.5. The van der Waals surface area contributed by atoms with Gasteiger partial charge in [-0.15, -0.1) is 0 Å². The molecule has 1 aliphatic carbocycles. The van der Waals surface area contributed by atoms with Gasteiger partial charge < -0.3 is 15.5 Å². The van der Waals surface area contributed by atoms with E-state index in [1.165, 1.54) is 37.1 Å². The molecule has 0 radical (unpaired) electrons. The van der Waals surface area contributed by atoms with Crippen molar-refractivity contribution in [2.75, 3.05) is 32.0 Å². The van der Waals surface area contributed by atoms with E-state index < -0.39 is 0 Å². The maximum atomic E-state index is 12.9. The lowest BCUT2D eigenvalue weighted by atomic mass is 9.87. The van der Waals surface area contributed by atoms with E-state index in [0.717, 1.165) is 44.7 Å². The molecule has 0 aromatic heterocycles. The minimum Gasteiger partial charge on any atom is -0.342 e. The lowest BCUT2D eigenvalue weighted by molar-refractivity contribution is -0.134. The van der Waals surface area contributed by atoms with Crippen LogP contribution in [0, 0.1) is 11.7 Å². The topological polar surface area (TPSA) is 64.7 Å². The minimum atomic E-state index is -0.332. The summed E-state index contributed by atoms with van der Waals surface area (Å²) in [6.07, 6.45) is 6.26. The molecule has 2 aliphatic rings. The van der Waals surface area contributed by atoms with Gasteiger partial charge in [0.25, 0.3) is 0 Å². The van der Waals surface area contributed by atoms with Crippen molar-refractivity contribution < 1.29 is 14.0 Å². The Bertz CT molecular complexity index is 681. The van der Waals surface area contributed by atoms with Gasteiger partial charge in [-0.25, -0.2) is 9.18 Å². The Hall–Kier alpha value is -2.15. The molecule has 0 bridgehead atoms. The third-order valence-corrected chi connectivity index (χ3v) is 6.31. The van der Waals surface area contributed by atoms with Gasteiger partial charge in [-0.1, -0.05) is 6.92 Å². The van der Waals surface area contributed by atoms with Gasteiger partial charge >= 0.3 is 6.03 Å². The van der Waals surface area contributed by atoms with Crippen LogP contribution in [0.5, 0.6) is 0 Å². The van der Waals surface area contributed by atoms with Crippen molar-refractivity contribution in [3.63, 3.8) is 0 Å². The summed E-state index contributed by atoms with van der Waals surface area (Å²) in [4.78, 5) is 28.9. The van der Waals surface area contributed by atoms with Crippen LogP contribution < -0.4 is 10.6 Å². The van der Waals surface area contributed by atoms with Crippen LogP contribution in [-0.2, 0) is 4.79 Å². The standard InChI is InChI=1S/C22H33FN4O2/c1-16-3-9-20(10-4-16)26(2)21(28)15-27-13-11-19(12-14-27)25-22(29)24-18-7-5-17(23)6-8-18/h5-8,16,19-20H,3-4,9-15H2,1-2H3,(H2,24,25,29). The summed E-state index contributed by atoms with van der Waals surface area (Å²) in [6.45, 7) is 4.33. The van der Waals surface area contributed by atoms with E-state index >= 15 is 0 Å². The Balaban J connectivity index is 1.37. The normalized spacial score (nSPS) is 23.4. The molecular formula is C22H33FN4O2. The Labute approximate surface area is 172 Å². The minimum absolute atomic E-state index is 0.0827. The predicted molar refractivity (Wildman–Crippen MR) is 112 cm³/mol. The molecule has 0 unspecified atom stereocenters. The first kappa shape index (κ1) is 21.6. The number of carbonyl (C=O) groups is 2. The lowest BCUT2D eigenvalue weighted by Gasteiger charge is -2.36. The number of carbonyl (C=O) groups excluding carboxylic acids is 2. The fourth-order valence-electron chi connectivity index (χ4n) is 4.26. The van der Waals surface area contributed by atoms with Crippen LogP contribution in [0.15, 0.2) is 24.3 Å². The molecule has 29 heavy (non-hydrogen) atoms. The lowest BCUT2D eigenvalue weighted by Crippen LogP contribution is -2.49. The van der Waals surface area contributed by atoms with E-state index in [0.29, 0.717) is 18.3 Å². The maximum Gasteiger partial charge on any atom is 0.319 e. The van der Waals surface area contributed by atoms with Gasteiger partial charge in [0.1, 0.15) is 5.82 Å². The largest absolute Gasteiger partial charge is 0.342 e. The highest BCUT2D eigenvalue weighted by Gasteiger charge is 2.27. The summed E-state index contributed by atoms with van der Waals surface area (Å²) in [5.41, 5.74) is 0.562. The van der Waals surface area contributed by atoms with E-state index in [2.05, 4.69) is 22.5 Å². The number of piperidine rings is 1. The number of nitrogens with zero attached hydrogens (tertiary/aromatic N) is 2. The summed E-state index contributed by atoms with van der Waals surface area (Å²) < 4.78 is 12.9. The van der Waals surface area contributed by atoms with E-state index in [1.54, 1.807) is 0 Å². The Morgan fingerprint density at radius 2 is 1.69 bits per heavy atom. The number of nitrogens with one attached hydrogen (secondary N) is 2. The molecule has 1 saturated heterocycles. The maximum absolute atomic E-state index is 12.9. The quantitative estimate of drug-likeness (QED) is 0.790. The van der Waals surface area contributed by atoms with Gasteiger partial charge in [0.15, 0.2) is 0 Å². The molecule has 6 nitrogen and oxygen atoms in total. The molecular weight excluding hydrogens is 371 g/mol. The first-order chi connectivity index (χ1) is 13.9. The van der Waals surface area contributed by atoms with Gasteiger partial charge in [0.2, 0.25) is 5.91 Å². The summed E-state index contributed by atoms with van der Waals surface area (Å²) in [6, 6.07) is 5.88. The predicted octanol–water partition coefficient (Wildman–Crippen LogP) is 3.45. The van der Waals surface area contributed by atoms with Crippen molar-refractivity contribution in [3.05, 3.63) is 30.1 Å². The molecule has 0 atom stereocenters. The molecule has 1 aromatic rings. The smallest absolute Gasteiger partial charge is 0.319 e. The summed E-state index contributed by atoms with van der Waals surface area (Å²) >= 11 is 0. The molecule has 2 N–H and O–H groups in total. The molecule has 2 fully saturated rings. The highest BCUT2D eigenvalue weighted by atomic mass is 19.1. The van der Waals surface area contributed by atoms with Gasteiger partial charge in [0.05, 0.1) is 6.54 Å². The third kappa shape index (κ3) is 6.42. The van der Waals surface area contributed by atoms with Crippen molar-refractivity contribution in [2.24, 2.45) is 5.92 Å². The van der Waals surface area contributed by atoms with Gasteiger partial charge in [-0.3, -0.25) is 9.69 Å². The molecule has 1 saturated carbocycles. The van der Waals surface area contributed by atoms with Crippen molar-refractivity contribution in [3.8, 4) is 0 Å². The van der Waals surface area contributed by atoms with Crippen LogP contribution in [0.2, 0.25) is 0 Å². The second kappa shape index (κ2) is 10.1. The zero-order valence-electron chi connectivity index (χ0n) is 17.5. The van der Waals surface area contributed by atoms with Gasteiger partial charge in [-0.05, 0) is 68.7 Å². The fraction of sp³-hybridized carbons (Fsp3) is 0.636. The Morgan fingerprint density at radius 3 is 2.31 bits per heavy atom. The first-order valence-electron chi connectivity index (χ1n) is 10.7. The first-order valence-corrected chi connectivity index (χ1v) is 10.7. The number of anilines is 1. The fourth-order valence-corrected chi connectivity index (χ4v) is 4.26.